The SMILES string of the molecule is CN(C)S(=O)(=O)c1ccccc1CNC(=O)CCC(=O)c1ccccc1. The fourth-order valence-electron chi connectivity index (χ4n) is 2.38. The fourth-order valence-corrected chi connectivity index (χ4v) is 3.49. The van der Waals surface area contributed by atoms with Gasteiger partial charge in [-0.15, -0.1) is 0 Å². The van der Waals surface area contributed by atoms with E-state index < -0.39 is 10.0 Å². The van der Waals surface area contributed by atoms with Gasteiger partial charge in [-0.05, 0) is 11.6 Å². The molecule has 0 aliphatic rings. The van der Waals surface area contributed by atoms with Gasteiger partial charge in [0.15, 0.2) is 5.78 Å². The molecule has 0 fully saturated rings. The zero-order valence-corrected chi connectivity index (χ0v) is 15.6. The van der Waals surface area contributed by atoms with Crippen molar-refractivity contribution in [2.45, 2.75) is 24.3 Å². The number of carbonyl (C=O) groups excluding carboxylic acids is 2. The molecule has 0 radical (unpaired) electrons. The van der Waals surface area contributed by atoms with Crippen LogP contribution >= 0.6 is 0 Å². The third kappa shape index (κ3) is 5.00. The van der Waals surface area contributed by atoms with Gasteiger partial charge in [0.25, 0.3) is 0 Å². The van der Waals surface area contributed by atoms with E-state index in [-0.39, 0.29) is 36.0 Å². The first-order valence-corrected chi connectivity index (χ1v) is 9.62. The van der Waals surface area contributed by atoms with Crippen LogP contribution in [0.2, 0.25) is 0 Å². The van der Waals surface area contributed by atoms with E-state index in [2.05, 4.69) is 5.32 Å². The summed E-state index contributed by atoms with van der Waals surface area (Å²) in [5.41, 5.74) is 1.08. The highest BCUT2D eigenvalue weighted by Gasteiger charge is 2.20. The molecular weight excluding hydrogens is 352 g/mol. The molecule has 0 heterocycles. The van der Waals surface area contributed by atoms with Gasteiger partial charge in [-0.1, -0.05) is 48.5 Å². The van der Waals surface area contributed by atoms with E-state index in [1.54, 1.807) is 42.5 Å². The monoisotopic (exact) mass is 374 g/mol. The predicted octanol–water partition coefficient (Wildman–Crippen LogP) is 2.22. The van der Waals surface area contributed by atoms with E-state index in [1.165, 1.54) is 20.2 Å². The molecule has 0 aliphatic heterocycles. The van der Waals surface area contributed by atoms with Crippen LogP contribution in [0, 0.1) is 0 Å². The Hall–Kier alpha value is -2.51. The van der Waals surface area contributed by atoms with Crippen molar-refractivity contribution in [1.82, 2.24) is 9.62 Å². The Kier molecular flexibility index (Phi) is 6.65. The number of hydrogen-bond donors (Lipinski definition) is 1. The van der Waals surface area contributed by atoms with Gasteiger partial charge in [-0.3, -0.25) is 9.59 Å². The van der Waals surface area contributed by atoms with Crippen molar-refractivity contribution in [3.8, 4) is 0 Å². The summed E-state index contributed by atoms with van der Waals surface area (Å²) in [4.78, 5) is 24.2. The van der Waals surface area contributed by atoms with E-state index in [0.717, 1.165) is 4.31 Å². The molecule has 6 nitrogen and oxygen atoms in total. The van der Waals surface area contributed by atoms with Crippen LogP contribution < -0.4 is 5.32 Å². The quantitative estimate of drug-likeness (QED) is 0.718. The van der Waals surface area contributed by atoms with Gasteiger partial charge in [0.2, 0.25) is 15.9 Å². The minimum absolute atomic E-state index is 0.0519. The Morgan fingerprint density at radius 3 is 2.19 bits per heavy atom. The minimum Gasteiger partial charge on any atom is -0.352 e. The lowest BCUT2D eigenvalue weighted by Crippen LogP contribution is -2.27. The molecule has 0 saturated heterocycles. The number of nitrogens with zero attached hydrogens (tertiary/aromatic N) is 1. The molecule has 138 valence electrons. The molecule has 1 N–H and O–H groups in total. The van der Waals surface area contributed by atoms with Crippen LogP contribution in [0.1, 0.15) is 28.8 Å². The van der Waals surface area contributed by atoms with Gasteiger partial charge < -0.3 is 5.32 Å². The molecule has 0 aromatic heterocycles. The summed E-state index contributed by atoms with van der Waals surface area (Å²) in [6, 6.07) is 15.3. The standard InChI is InChI=1S/C19H22N2O4S/c1-21(2)26(24,25)18-11-7-6-10-16(18)14-20-19(23)13-12-17(22)15-8-4-3-5-9-15/h3-11H,12-14H2,1-2H3,(H,20,23). The average Bonchev–Trinajstić information content (AvgIpc) is 2.65. The summed E-state index contributed by atoms with van der Waals surface area (Å²) >= 11 is 0. The van der Waals surface area contributed by atoms with Crippen LogP contribution in [0.4, 0.5) is 0 Å². The zero-order valence-electron chi connectivity index (χ0n) is 14.8. The first-order valence-electron chi connectivity index (χ1n) is 8.17. The minimum atomic E-state index is -3.59. The van der Waals surface area contributed by atoms with Crippen LogP contribution in [0.3, 0.4) is 0 Å². The number of sulfonamides is 1. The highest BCUT2D eigenvalue weighted by atomic mass is 32.2. The number of carbonyl (C=O) groups is 2. The molecule has 2 aromatic rings. The molecular formula is C19H22N2O4S. The van der Waals surface area contributed by atoms with Gasteiger partial charge in [0.05, 0.1) is 4.90 Å². The van der Waals surface area contributed by atoms with Crippen molar-refractivity contribution in [2.75, 3.05) is 14.1 Å². The second kappa shape index (κ2) is 8.73. The van der Waals surface area contributed by atoms with Crippen molar-refractivity contribution in [1.29, 1.82) is 0 Å². The third-order valence-electron chi connectivity index (χ3n) is 3.88. The lowest BCUT2D eigenvalue weighted by Gasteiger charge is -2.15. The van der Waals surface area contributed by atoms with E-state index in [4.69, 9.17) is 0 Å². The number of Topliss-reactive ketones (excluding diaryl/α,β-unsaturated/α-hetero) is 1. The number of ketones is 1. The first-order chi connectivity index (χ1) is 12.3. The molecule has 0 saturated carbocycles. The fraction of sp³-hybridized carbons (Fsp3) is 0.263. The summed E-state index contributed by atoms with van der Waals surface area (Å²) in [5.74, 6) is -0.400. The molecule has 26 heavy (non-hydrogen) atoms. The molecule has 7 heteroatoms. The average molecular weight is 374 g/mol. The van der Waals surface area contributed by atoms with Crippen LogP contribution in [-0.2, 0) is 21.4 Å². The Morgan fingerprint density at radius 1 is 0.923 bits per heavy atom. The number of amides is 1. The van der Waals surface area contributed by atoms with Crippen molar-refractivity contribution >= 4 is 21.7 Å². The van der Waals surface area contributed by atoms with Gasteiger partial charge in [0, 0.05) is 39.0 Å². The second-order valence-electron chi connectivity index (χ2n) is 5.96. The Bertz CT molecular complexity index is 877. The van der Waals surface area contributed by atoms with Crippen molar-refractivity contribution in [3.05, 3.63) is 65.7 Å². The van der Waals surface area contributed by atoms with Gasteiger partial charge >= 0.3 is 0 Å². The van der Waals surface area contributed by atoms with Crippen molar-refractivity contribution < 1.29 is 18.0 Å². The number of nitrogens with one attached hydrogen (secondary N) is 1. The molecule has 2 rings (SSSR count). The third-order valence-corrected chi connectivity index (χ3v) is 5.80. The Labute approximate surface area is 153 Å². The van der Waals surface area contributed by atoms with Crippen LogP contribution in [0.25, 0.3) is 0 Å². The molecule has 0 bridgehead atoms. The largest absolute Gasteiger partial charge is 0.352 e. The molecule has 2 aromatic carbocycles. The summed E-state index contributed by atoms with van der Waals surface area (Å²) in [7, 11) is -0.673. The molecule has 0 unspecified atom stereocenters. The number of rotatable bonds is 8. The normalized spacial score (nSPS) is 11.3. The topological polar surface area (TPSA) is 83.6 Å². The summed E-state index contributed by atoms with van der Waals surface area (Å²) < 4.78 is 25.8. The van der Waals surface area contributed by atoms with Gasteiger partial charge in [0.1, 0.15) is 0 Å². The summed E-state index contributed by atoms with van der Waals surface area (Å²) in [5, 5.41) is 2.68. The van der Waals surface area contributed by atoms with Crippen LogP contribution in [0.15, 0.2) is 59.5 Å². The highest BCUT2D eigenvalue weighted by Crippen LogP contribution is 2.18. The van der Waals surface area contributed by atoms with Crippen molar-refractivity contribution in [2.24, 2.45) is 0 Å². The predicted molar refractivity (Wildman–Crippen MR) is 99.2 cm³/mol. The maximum atomic E-state index is 12.3. The molecule has 0 aliphatic carbocycles. The smallest absolute Gasteiger partial charge is 0.242 e. The number of benzene rings is 2. The van der Waals surface area contributed by atoms with Gasteiger partial charge in [-0.25, -0.2) is 12.7 Å². The highest BCUT2D eigenvalue weighted by molar-refractivity contribution is 7.89. The van der Waals surface area contributed by atoms with E-state index in [1.807, 2.05) is 6.07 Å². The lowest BCUT2D eigenvalue weighted by atomic mass is 10.1. The Balaban J connectivity index is 1.95. The molecule has 0 atom stereocenters. The Morgan fingerprint density at radius 2 is 1.54 bits per heavy atom. The summed E-state index contributed by atoms with van der Waals surface area (Å²) in [6.45, 7) is 0.0849. The lowest BCUT2D eigenvalue weighted by molar-refractivity contribution is -0.121. The maximum Gasteiger partial charge on any atom is 0.242 e. The zero-order chi connectivity index (χ0) is 19.2. The molecule has 0 spiro atoms. The molecule has 1 amide bonds. The van der Waals surface area contributed by atoms with Crippen LogP contribution in [0.5, 0.6) is 0 Å². The van der Waals surface area contributed by atoms with E-state index in [9.17, 15) is 18.0 Å². The second-order valence-corrected chi connectivity index (χ2v) is 8.08. The van der Waals surface area contributed by atoms with Crippen molar-refractivity contribution in [3.63, 3.8) is 0 Å². The van der Waals surface area contributed by atoms with E-state index in [0.29, 0.717) is 11.1 Å². The van der Waals surface area contributed by atoms with Gasteiger partial charge in [-0.2, -0.15) is 0 Å². The van der Waals surface area contributed by atoms with Crippen LogP contribution in [-0.4, -0.2) is 38.5 Å². The van der Waals surface area contributed by atoms with E-state index >= 15 is 0 Å². The summed E-state index contributed by atoms with van der Waals surface area (Å²) in [6.07, 6.45) is 0.157. The maximum absolute atomic E-state index is 12.3. The number of hydrogen-bond acceptors (Lipinski definition) is 4. The first kappa shape index (κ1) is 19.8.